The molecule has 0 unspecified atom stereocenters. The molecule has 0 fully saturated rings. The number of rotatable bonds is 2. The van der Waals surface area contributed by atoms with Crippen LogP contribution in [0.1, 0.15) is 17.9 Å². The van der Waals surface area contributed by atoms with E-state index in [1.807, 2.05) is 0 Å². The first-order chi connectivity index (χ1) is 12.5. The maximum Gasteiger partial charge on any atom is 0.336 e. The van der Waals surface area contributed by atoms with Crippen LogP contribution in [0.5, 0.6) is 5.75 Å². The van der Waals surface area contributed by atoms with Gasteiger partial charge in [-0.3, -0.25) is 9.69 Å². The minimum atomic E-state index is -0.588. The number of hydrogen-bond acceptors (Lipinski definition) is 4. The normalized spacial score (nSPS) is 19.6. The molecule has 4 rings (SSSR count). The van der Waals surface area contributed by atoms with Crippen molar-refractivity contribution in [2.75, 3.05) is 11.5 Å². The Kier molecular flexibility index (Phi) is 3.92. The summed E-state index contributed by atoms with van der Waals surface area (Å²) < 4.78 is 18.6. The van der Waals surface area contributed by atoms with Gasteiger partial charge in [0.15, 0.2) is 0 Å². The van der Waals surface area contributed by atoms with Gasteiger partial charge < -0.3 is 9.84 Å². The first-order valence-electron chi connectivity index (χ1n) is 7.93. The Bertz CT molecular complexity index is 955. The Morgan fingerprint density at radius 3 is 2.58 bits per heavy atom. The number of phenols is 1. The largest absolute Gasteiger partial charge is 0.508 e. The average Bonchev–Trinajstić information content (AvgIpc) is 2.99. The Hall–Kier alpha value is -2.86. The molecule has 5 nitrogen and oxygen atoms in total. The molecule has 0 radical (unpaired) electrons. The summed E-state index contributed by atoms with van der Waals surface area (Å²) in [6.45, 7) is -0.0382. The summed E-state index contributed by atoms with van der Waals surface area (Å²) in [5.41, 5.74) is 1.96. The Morgan fingerprint density at radius 1 is 1.15 bits per heavy atom. The molecule has 0 saturated carbocycles. The molecule has 2 aliphatic rings. The van der Waals surface area contributed by atoms with E-state index < -0.39 is 17.7 Å². The summed E-state index contributed by atoms with van der Waals surface area (Å²) >= 11 is 5.84. The summed E-state index contributed by atoms with van der Waals surface area (Å²) in [7, 11) is 0. The molecule has 0 spiro atoms. The van der Waals surface area contributed by atoms with Gasteiger partial charge in [0.05, 0.1) is 22.0 Å². The molecule has 2 aromatic rings. The van der Waals surface area contributed by atoms with E-state index in [0.29, 0.717) is 17.0 Å². The number of carbonyl (C=O) groups excluding carboxylic acids is 2. The zero-order valence-corrected chi connectivity index (χ0v) is 14.2. The van der Waals surface area contributed by atoms with Gasteiger partial charge in [-0.2, -0.15) is 0 Å². The van der Waals surface area contributed by atoms with Crippen molar-refractivity contribution in [2.24, 2.45) is 0 Å². The predicted molar refractivity (Wildman–Crippen MR) is 92.3 cm³/mol. The lowest BCUT2D eigenvalue weighted by molar-refractivity contribution is -0.136. The fourth-order valence-corrected chi connectivity index (χ4v) is 3.54. The highest BCUT2D eigenvalue weighted by Crippen LogP contribution is 2.42. The van der Waals surface area contributed by atoms with Gasteiger partial charge in [-0.15, -0.1) is 0 Å². The summed E-state index contributed by atoms with van der Waals surface area (Å²) in [6, 6.07) is 10.3. The van der Waals surface area contributed by atoms with E-state index in [2.05, 4.69) is 0 Å². The van der Waals surface area contributed by atoms with E-state index in [9.17, 15) is 19.1 Å². The number of anilines is 1. The summed E-state index contributed by atoms with van der Waals surface area (Å²) in [6.07, 6.45) is 0.0493. The monoisotopic (exact) mass is 373 g/mol. The minimum absolute atomic E-state index is 0.0382. The number of carbonyl (C=O) groups is 2. The standard InChI is InChI=1S/C19H13ClFNO4/c20-14-7-11(3-6-15(14)21)22-16-9-26-19(25)18(16)13(8-17(22)24)10-1-4-12(23)5-2-10/h1-7,13,23H,8-9H2/t13-/m0/s1. The first-order valence-corrected chi connectivity index (χ1v) is 8.30. The Labute approximate surface area is 153 Å². The van der Waals surface area contributed by atoms with Crippen LogP contribution in [0.2, 0.25) is 5.02 Å². The second-order valence-corrected chi connectivity index (χ2v) is 6.52. The summed E-state index contributed by atoms with van der Waals surface area (Å²) in [4.78, 5) is 26.5. The molecule has 0 saturated heterocycles. The number of aromatic hydroxyl groups is 1. The van der Waals surface area contributed by atoms with Crippen LogP contribution in [0.15, 0.2) is 53.7 Å². The summed E-state index contributed by atoms with van der Waals surface area (Å²) in [5.74, 6) is -1.68. The smallest absolute Gasteiger partial charge is 0.336 e. The number of phenolic OH excluding ortho intramolecular Hbond substituents is 1. The lowest BCUT2D eigenvalue weighted by Crippen LogP contribution is -2.37. The predicted octanol–water partition coefficient (Wildman–Crippen LogP) is 3.52. The highest BCUT2D eigenvalue weighted by Gasteiger charge is 2.43. The fourth-order valence-electron chi connectivity index (χ4n) is 3.37. The molecule has 26 heavy (non-hydrogen) atoms. The third-order valence-electron chi connectivity index (χ3n) is 4.57. The minimum Gasteiger partial charge on any atom is -0.508 e. The molecule has 7 heteroatoms. The van der Waals surface area contributed by atoms with Crippen LogP contribution in [0.4, 0.5) is 10.1 Å². The van der Waals surface area contributed by atoms with Gasteiger partial charge in [0, 0.05) is 12.3 Å². The maximum absolute atomic E-state index is 13.5. The topological polar surface area (TPSA) is 66.8 Å². The van der Waals surface area contributed by atoms with Gasteiger partial charge in [0.2, 0.25) is 5.91 Å². The van der Waals surface area contributed by atoms with Crippen molar-refractivity contribution in [3.63, 3.8) is 0 Å². The number of hydrogen-bond donors (Lipinski definition) is 1. The van der Waals surface area contributed by atoms with E-state index in [0.717, 1.165) is 5.56 Å². The van der Waals surface area contributed by atoms with Crippen LogP contribution in [0.25, 0.3) is 0 Å². The molecular formula is C19H13ClFNO4. The second kappa shape index (κ2) is 6.14. The van der Waals surface area contributed by atoms with Crippen molar-refractivity contribution in [3.05, 3.63) is 70.1 Å². The number of nitrogens with zero attached hydrogens (tertiary/aromatic N) is 1. The number of cyclic esters (lactones) is 1. The molecule has 0 aromatic heterocycles. The van der Waals surface area contributed by atoms with Crippen LogP contribution in [-0.4, -0.2) is 23.6 Å². The second-order valence-electron chi connectivity index (χ2n) is 6.11. The first kappa shape index (κ1) is 16.6. The van der Waals surface area contributed by atoms with E-state index in [4.69, 9.17) is 16.3 Å². The van der Waals surface area contributed by atoms with Crippen LogP contribution >= 0.6 is 11.6 Å². The van der Waals surface area contributed by atoms with Crippen LogP contribution in [0, 0.1) is 5.82 Å². The van der Waals surface area contributed by atoms with Crippen molar-refractivity contribution in [1.29, 1.82) is 0 Å². The van der Waals surface area contributed by atoms with Gasteiger partial charge in [0.1, 0.15) is 18.2 Å². The fraction of sp³-hybridized carbons (Fsp3) is 0.158. The number of halogens is 2. The molecule has 1 atom stereocenters. The number of benzene rings is 2. The van der Waals surface area contributed by atoms with Gasteiger partial charge in [-0.1, -0.05) is 23.7 Å². The zero-order chi connectivity index (χ0) is 18.4. The highest BCUT2D eigenvalue weighted by molar-refractivity contribution is 6.31. The summed E-state index contributed by atoms with van der Waals surface area (Å²) in [5, 5.41) is 9.36. The molecule has 1 N–H and O–H groups in total. The lowest BCUT2D eigenvalue weighted by atomic mass is 9.84. The number of esters is 1. The van der Waals surface area contributed by atoms with Crippen molar-refractivity contribution >= 4 is 29.2 Å². The van der Waals surface area contributed by atoms with E-state index in [-0.39, 0.29) is 29.7 Å². The molecular weight excluding hydrogens is 361 g/mol. The Morgan fingerprint density at radius 2 is 1.88 bits per heavy atom. The van der Waals surface area contributed by atoms with Gasteiger partial charge >= 0.3 is 5.97 Å². The number of amides is 1. The lowest BCUT2D eigenvalue weighted by Gasteiger charge is -2.32. The quantitative estimate of drug-likeness (QED) is 0.818. The molecule has 0 bridgehead atoms. The van der Waals surface area contributed by atoms with Crippen LogP contribution in [-0.2, 0) is 14.3 Å². The molecule has 0 aliphatic carbocycles. The highest BCUT2D eigenvalue weighted by atomic mass is 35.5. The van der Waals surface area contributed by atoms with E-state index >= 15 is 0 Å². The molecule has 1 amide bonds. The maximum atomic E-state index is 13.5. The molecule has 132 valence electrons. The Balaban J connectivity index is 1.82. The van der Waals surface area contributed by atoms with Crippen molar-refractivity contribution in [2.45, 2.75) is 12.3 Å². The average molecular weight is 374 g/mol. The number of ether oxygens (including phenoxy) is 1. The van der Waals surface area contributed by atoms with E-state index in [1.54, 1.807) is 12.1 Å². The molecule has 2 aliphatic heterocycles. The van der Waals surface area contributed by atoms with Crippen LogP contribution < -0.4 is 4.90 Å². The molecule has 2 aromatic carbocycles. The third-order valence-corrected chi connectivity index (χ3v) is 4.86. The zero-order valence-electron chi connectivity index (χ0n) is 13.4. The van der Waals surface area contributed by atoms with E-state index in [1.165, 1.54) is 35.2 Å². The van der Waals surface area contributed by atoms with Gasteiger partial charge in [-0.05, 0) is 35.9 Å². The molecule has 2 heterocycles. The van der Waals surface area contributed by atoms with Crippen molar-refractivity contribution in [3.8, 4) is 5.75 Å². The third kappa shape index (κ3) is 2.63. The van der Waals surface area contributed by atoms with Crippen molar-refractivity contribution in [1.82, 2.24) is 0 Å². The SMILES string of the molecule is O=C1OCC2=C1[C@H](c1ccc(O)cc1)CC(=O)N2c1ccc(F)c(Cl)c1. The van der Waals surface area contributed by atoms with Gasteiger partial charge in [-0.25, -0.2) is 9.18 Å². The van der Waals surface area contributed by atoms with Gasteiger partial charge in [0.25, 0.3) is 0 Å². The van der Waals surface area contributed by atoms with Crippen LogP contribution in [0.3, 0.4) is 0 Å². The van der Waals surface area contributed by atoms with Crippen molar-refractivity contribution < 1.29 is 23.8 Å².